The maximum atomic E-state index is 12.6. The first-order valence-electron chi connectivity index (χ1n) is 6.86. The number of hydrogen-bond acceptors (Lipinski definition) is 4. The molecule has 3 rings (SSSR count). The fraction of sp³-hybridized carbons (Fsp3) is 0.615. The molecule has 20 heavy (non-hydrogen) atoms. The number of anilines is 1. The van der Waals surface area contributed by atoms with E-state index in [4.69, 9.17) is 5.73 Å². The lowest BCUT2D eigenvalue weighted by Gasteiger charge is -2.33. The van der Waals surface area contributed by atoms with Crippen molar-refractivity contribution in [2.75, 3.05) is 23.8 Å². The summed E-state index contributed by atoms with van der Waals surface area (Å²) in [6.45, 7) is 2.04. The third-order valence-electron chi connectivity index (χ3n) is 3.96. The number of carbonyl (C=O) groups is 1. The van der Waals surface area contributed by atoms with Crippen molar-refractivity contribution in [1.82, 2.24) is 9.47 Å². The Morgan fingerprint density at radius 3 is 2.70 bits per heavy atom. The first kappa shape index (κ1) is 13.5. The lowest BCUT2D eigenvalue weighted by atomic mass is 10.2. The molecular formula is C13H19N3O3S. The van der Waals surface area contributed by atoms with Crippen molar-refractivity contribution < 1.29 is 13.2 Å². The minimum atomic E-state index is -3.01. The van der Waals surface area contributed by atoms with E-state index in [2.05, 4.69) is 0 Å². The lowest BCUT2D eigenvalue weighted by molar-refractivity contribution is 0.0701. The van der Waals surface area contributed by atoms with Crippen molar-refractivity contribution >= 4 is 21.4 Å². The van der Waals surface area contributed by atoms with Gasteiger partial charge in [0.25, 0.3) is 5.91 Å². The number of amides is 1. The van der Waals surface area contributed by atoms with Crippen molar-refractivity contribution in [1.29, 1.82) is 0 Å². The van der Waals surface area contributed by atoms with Crippen LogP contribution in [0.2, 0.25) is 0 Å². The smallest absolute Gasteiger partial charge is 0.270 e. The average molecular weight is 297 g/mol. The van der Waals surface area contributed by atoms with Gasteiger partial charge in [0, 0.05) is 24.8 Å². The Morgan fingerprint density at radius 1 is 1.40 bits per heavy atom. The summed E-state index contributed by atoms with van der Waals surface area (Å²) >= 11 is 0. The van der Waals surface area contributed by atoms with Crippen molar-refractivity contribution in [2.24, 2.45) is 0 Å². The predicted octanol–water partition coefficient (Wildman–Crippen LogP) is 0.664. The Labute approximate surface area is 118 Å². The van der Waals surface area contributed by atoms with Gasteiger partial charge in [0.1, 0.15) is 5.69 Å². The molecule has 6 nitrogen and oxygen atoms in total. The Morgan fingerprint density at radius 2 is 2.10 bits per heavy atom. The maximum absolute atomic E-state index is 12.6. The topological polar surface area (TPSA) is 85.4 Å². The van der Waals surface area contributed by atoms with Gasteiger partial charge in [-0.2, -0.15) is 0 Å². The minimum absolute atomic E-state index is 0.0400. The second-order valence-corrected chi connectivity index (χ2v) is 7.99. The molecule has 2 aliphatic rings. The summed E-state index contributed by atoms with van der Waals surface area (Å²) in [4.78, 5) is 14.3. The molecule has 0 radical (unpaired) electrons. The van der Waals surface area contributed by atoms with Crippen LogP contribution < -0.4 is 5.73 Å². The number of sulfone groups is 1. The number of aromatic nitrogens is 1. The standard InChI is InChI=1S/C13H19N3O3S/c1-9-8-20(18,19)5-4-15(9)13(17)12-6-10(14)7-16(12)11-2-3-11/h6-7,9,11H,2-5,8,14H2,1H3. The molecule has 1 saturated heterocycles. The Hall–Kier alpha value is -1.50. The zero-order chi connectivity index (χ0) is 14.5. The molecule has 0 spiro atoms. The highest BCUT2D eigenvalue weighted by atomic mass is 32.2. The van der Waals surface area contributed by atoms with E-state index < -0.39 is 9.84 Å². The summed E-state index contributed by atoms with van der Waals surface area (Å²) in [5, 5.41) is 0. The van der Waals surface area contributed by atoms with Gasteiger partial charge in [-0.1, -0.05) is 0 Å². The van der Waals surface area contributed by atoms with Gasteiger partial charge in [-0.15, -0.1) is 0 Å². The highest BCUT2D eigenvalue weighted by Gasteiger charge is 2.35. The molecule has 1 aromatic rings. The summed E-state index contributed by atoms with van der Waals surface area (Å²) in [5.74, 6) is -0.0304. The molecule has 1 unspecified atom stereocenters. The van der Waals surface area contributed by atoms with Crippen LogP contribution in [-0.4, -0.2) is 47.9 Å². The van der Waals surface area contributed by atoms with Gasteiger partial charge in [0.15, 0.2) is 9.84 Å². The zero-order valence-corrected chi connectivity index (χ0v) is 12.3. The van der Waals surface area contributed by atoms with Crippen molar-refractivity contribution in [3.05, 3.63) is 18.0 Å². The van der Waals surface area contributed by atoms with E-state index in [1.54, 1.807) is 24.1 Å². The Kier molecular flexibility index (Phi) is 3.04. The molecule has 1 amide bonds. The number of carbonyl (C=O) groups excluding carboxylic acids is 1. The largest absolute Gasteiger partial charge is 0.397 e. The molecular weight excluding hydrogens is 278 g/mol. The van der Waals surface area contributed by atoms with Crippen LogP contribution in [0.25, 0.3) is 0 Å². The maximum Gasteiger partial charge on any atom is 0.270 e. The number of nitrogen functional groups attached to an aromatic ring is 1. The molecule has 1 aromatic heterocycles. The third-order valence-corrected chi connectivity index (χ3v) is 5.76. The minimum Gasteiger partial charge on any atom is -0.397 e. The molecule has 2 fully saturated rings. The molecule has 1 atom stereocenters. The highest BCUT2D eigenvalue weighted by Crippen LogP contribution is 2.37. The van der Waals surface area contributed by atoms with Gasteiger partial charge in [-0.25, -0.2) is 8.42 Å². The number of nitrogens with zero attached hydrogens (tertiary/aromatic N) is 2. The van der Waals surface area contributed by atoms with Crippen LogP contribution in [0.1, 0.15) is 36.3 Å². The normalized spacial score (nSPS) is 25.6. The van der Waals surface area contributed by atoms with Crippen LogP contribution in [0.4, 0.5) is 5.69 Å². The number of hydrogen-bond donors (Lipinski definition) is 1. The fourth-order valence-electron chi connectivity index (χ4n) is 2.77. The fourth-order valence-corrected chi connectivity index (χ4v) is 4.33. The lowest BCUT2D eigenvalue weighted by Crippen LogP contribution is -2.50. The van der Waals surface area contributed by atoms with Gasteiger partial charge >= 0.3 is 0 Å². The van der Waals surface area contributed by atoms with Crippen molar-refractivity contribution in [3.63, 3.8) is 0 Å². The van der Waals surface area contributed by atoms with E-state index in [0.717, 1.165) is 12.8 Å². The molecule has 0 aromatic carbocycles. The van der Waals surface area contributed by atoms with Crippen LogP contribution in [0.3, 0.4) is 0 Å². The first-order valence-corrected chi connectivity index (χ1v) is 8.68. The predicted molar refractivity (Wildman–Crippen MR) is 76.3 cm³/mol. The highest BCUT2D eigenvalue weighted by molar-refractivity contribution is 7.91. The van der Waals surface area contributed by atoms with E-state index in [9.17, 15) is 13.2 Å². The van der Waals surface area contributed by atoms with E-state index in [0.29, 0.717) is 17.4 Å². The van der Waals surface area contributed by atoms with Crippen LogP contribution >= 0.6 is 0 Å². The van der Waals surface area contributed by atoms with Gasteiger partial charge in [-0.3, -0.25) is 4.79 Å². The SMILES string of the molecule is CC1CS(=O)(=O)CCN1C(=O)c1cc(N)cn1C1CC1. The molecule has 1 aliphatic carbocycles. The van der Waals surface area contributed by atoms with Crippen molar-refractivity contribution in [3.8, 4) is 0 Å². The summed E-state index contributed by atoms with van der Waals surface area (Å²) in [6, 6.07) is 1.77. The van der Waals surface area contributed by atoms with Crippen LogP contribution in [-0.2, 0) is 9.84 Å². The molecule has 110 valence electrons. The summed E-state index contributed by atoms with van der Waals surface area (Å²) in [6.07, 6.45) is 3.94. The quantitative estimate of drug-likeness (QED) is 0.869. The number of nitrogens with two attached hydrogens (primary N) is 1. The molecule has 0 bridgehead atoms. The van der Waals surface area contributed by atoms with E-state index in [1.165, 1.54) is 0 Å². The van der Waals surface area contributed by atoms with Gasteiger partial charge in [0.05, 0.1) is 17.2 Å². The Bertz CT molecular complexity index is 646. The Balaban J connectivity index is 1.86. The molecule has 1 aliphatic heterocycles. The van der Waals surface area contributed by atoms with Crippen LogP contribution in [0, 0.1) is 0 Å². The zero-order valence-electron chi connectivity index (χ0n) is 11.4. The second kappa shape index (κ2) is 4.51. The van der Waals surface area contributed by atoms with E-state index in [-0.39, 0.29) is 30.0 Å². The van der Waals surface area contributed by atoms with Gasteiger partial charge < -0.3 is 15.2 Å². The summed E-state index contributed by atoms with van der Waals surface area (Å²) < 4.78 is 25.1. The third kappa shape index (κ3) is 2.42. The van der Waals surface area contributed by atoms with Crippen LogP contribution in [0.15, 0.2) is 12.3 Å². The average Bonchev–Trinajstić information content (AvgIpc) is 3.11. The summed E-state index contributed by atoms with van der Waals surface area (Å²) in [7, 11) is -3.01. The summed E-state index contributed by atoms with van der Waals surface area (Å²) in [5.41, 5.74) is 6.96. The number of rotatable bonds is 2. The second-order valence-electron chi connectivity index (χ2n) is 5.76. The van der Waals surface area contributed by atoms with E-state index >= 15 is 0 Å². The van der Waals surface area contributed by atoms with Crippen LogP contribution in [0.5, 0.6) is 0 Å². The van der Waals surface area contributed by atoms with Gasteiger partial charge in [0.2, 0.25) is 0 Å². The van der Waals surface area contributed by atoms with Crippen molar-refractivity contribution in [2.45, 2.75) is 31.8 Å². The molecule has 7 heteroatoms. The molecule has 2 N–H and O–H groups in total. The molecule has 2 heterocycles. The van der Waals surface area contributed by atoms with Gasteiger partial charge in [-0.05, 0) is 25.8 Å². The monoisotopic (exact) mass is 297 g/mol. The van der Waals surface area contributed by atoms with E-state index in [1.807, 2.05) is 4.57 Å². The first-order chi connectivity index (χ1) is 9.37. The molecule has 1 saturated carbocycles.